The molecule has 9 nitrogen and oxygen atoms in total. The van der Waals surface area contributed by atoms with Gasteiger partial charge in [0.25, 0.3) is 0 Å². The van der Waals surface area contributed by atoms with Crippen molar-refractivity contribution in [2.45, 2.75) is 13.5 Å². The molecule has 0 amide bonds. The lowest BCUT2D eigenvalue weighted by Crippen LogP contribution is -2.46. The molecule has 0 radical (unpaired) electrons. The number of aliphatic hydroxyl groups is 1. The summed E-state index contributed by atoms with van der Waals surface area (Å²) in [7, 11) is 0. The van der Waals surface area contributed by atoms with Crippen molar-refractivity contribution in [3.63, 3.8) is 0 Å². The summed E-state index contributed by atoms with van der Waals surface area (Å²) in [5, 5.41) is 19.9. The van der Waals surface area contributed by atoms with Crippen LogP contribution < -0.4 is 10.2 Å². The fourth-order valence-electron chi connectivity index (χ4n) is 3.99. The highest BCUT2D eigenvalue weighted by molar-refractivity contribution is 5.89. The summed E-state index contributed by atoms with van der Waals surface area (Å²) in [6.07, 6.45) is 1.24. The van der Waals surface area contributed by atoms with Crippen LogP contribution in [0.15, 0.2) is 51.9 Å². The van der Waals surface area contributed by atoms with Crippen LogP contribution in [-0.2, 0) is 11.3 Å². The minimum atomic E-state index is -0.429. The average molecular weight is 469 g/mol. The number of carbonyl (C=O) groups excluding carboxylic acids is 1. The Hall–Kier alpha value is -3.40. The number of piperazine rings is 1. The third-order valence-electron chi connectivity index (χ3n) is 5.84. The van der Waals surface area contributed by atoms with Crippen molar-refractivity contribution in [3.8, 4) is 17.2 Å². The van der Waals surface area contributed by atoms with E-state index < -0.39 is 5.97 Å². The van der Waals surface area contributed by atoms with Crippen molar-refractivity contribution >= 4 is 16.9 Å². The summed E-state index contributed by atoms with van der Waals surface area (Å²) in [5.41, 5.74) is 0.908. The largest absolute Gasteiger partial charge is 0.507 e. The number of esters is 1. The number of ether oxygens (including phenoxy) is 2. The maximum atomic E-state index is 13.1. The summed E-state index contributed by atoms with van der Waals surface area (Å²) >= 11 is 0. The first-order chi connectivity index (χ1) is 16.5. The summed E-state index contributed by atoms with van der Waals surface area (Å²) in [6, 6.07) is 9.30. The van der Waals surface area contributed by atoms with Gasteiger partial charge in [-0.05, 0) is 43.3 Å². The number of rotatable bonds is 8. The van der Waals surface area contributed by atoms with Crippen LogP contribution in [0, 0.1) is 0 Å². The van der Waals surface area contributed by atoms with E-state index in [1.165, 1.54) is 18.4 Å². The molecule has 4 rings (SSSR count). The third-order valence-corrected chi connectivity index (χ3v) is 5.84. The Kier molecular flexibility index (Phi) is 7.46. The molecule has 1 fully saturated rings. The fourth-order valence-corrected chi connectivity index (χ4v) is 3.99. The van der Waals surface area contributed by atoms with Gasteiger partial charge in [0.15, 0.2) is 0 Å². The molecule has 3 aromatic rings. The van der Waals surface area contributed by atoms with Gasteiger partial charge < -0.3 is 24.1 Å². The van der Waals surface area contributed by atoms with E-state index >= 15 is 0 Å². The second-order valence-electron chi connectivity index (χ2n) is 8.06. The number of nitrogens with zero attached hydrogens (tertiary/aromatic N) is 2. The van der Waals surface area contributed by atoms with Gasteiger partial charge >= 0.3 is 5.97 Å². The number of hydrogen-bond acceptors (Lipinski definition) is 9. The second-order valence-corrected chi connectivity index (χ2v) is 8.06. The number of benzene rings is 2. The Morgan fingerprint density at radius 1 is 1.06 bits per heavy atom. The fraction of sp³-hybridized carbons (Fsp3) is 0.360. The Labute approximate surface area is 196 Å². The lowest BCUT2D eigenvalue weighted by atomic mass is 10.1. The molecule has 1 aliphatic rings. The highest BCUT2D eigenvalue weighted by Crippen LogP contribution is 2.30. The van der Waals surface area contributed by atoms with E-state index in [0.717, 1.165) is 26.2 Å². The Morgan fingerprint density at radius 2 is 1.76 bits per heavy atom. The quantitative estimate of drug-likeness (QED) is 0.482. The van der Waals surface area contributed by atoms with Gasteiger partial charge in [0.1, 0.15) is 23.3 Å². The van der Waals surface area contributed by atoms with Crippen LogP contribution in [-0.4, -0.2) is 71.9 Å². The van der Waals surface area contributed by atoms with Gasteiger partial charge in [-0.1, -0.05) is 0 Å². The van der Waals surface area contributed by atoms with Gasteiger partial charge in [-0.2, -0.15) is 0 Å². The van der Waals surface area contributed by atoms with Crippen LogP contribution >= 0.6 is 0 Å². The molecule has 2 N–H and O–H groups in total. The number of fused-ring (bicyclic) bond motifs is 1. The van der Waals surface area contributed by atoms with Crippen LogP contribution in [0.2, 0.25) is 0 Å². The smallest absolute Gasteiger partial charge is 0.338 e. The van der Waals surface area contributed by atoms with Gasteiger partial charge in [-0.3, -0.25) is 14.6 Å². The molecule has 180 valence electrons. The Bertz CT molecular complexity index is 1200. The van der Waals surface area contributed by atoms with E-state index in [1.807, 2.05) is 0 Å². The summed E-state index contributed by atoms with van der Waals surface area (Å²) in [5.74, 6) is 0.0168. The van der Waals surface area contributed by atoms with Crippen LogP contribution in [0.4, 0.5) is 0 Å². The van der Waals surface area contributed by atoms with Gasteiger partial charge in [-0.15, -0.1) is 0 Å². The number of aliphatic hydroxyl groups excluding tert-OH is 1. The molecule has 2 heterocycles. The Morgan fingerprint density at radius 3 is 2.44 bits per heavy atom. The third kappa shape index (κ3) is 5.22. The number of carbonyl (C=O) groups is 1. The SMILES string of the molecule is CCOC(=O)c1ccc(Oc2coc3c(CN4CCN(CCO)CC4)c(O)ccc3c2=O)cc1. The molecule has 0 aliphatic carbocycles. The predicted molar refractivity (Wildman–Crippen MR) is 125 cm³/mol. The van der Waals surface area contributed by atoms with Crippen LogP contribution in [0.25, 0.3) is 11.0 Å². The van der Waals surface area contributed by atoms with Gasteiger partial charge in [0.2, 0.25) is 11.2 Å². The van der Waals surface area contributed by atoms with Crippen molar-refractivity contribution in [2.24, 2.45) is 0 Å². The average Bonchev–Trinajstić information content (AvgIpc) is 2.84. The van der Waals surface area contributed by atoms with E-state index in [1.54, 1.807) is 31.2 Å². The molecule has 1 saturated heterocycles. The topological polar surface area (TPSA) is 113 Å². The van der Waals surface area contributed by atoms with Crippen molar-refractivity contribution < 1.29 is 28.9 Å². The first-order valence-electron chi connectivity index (χ1n) is 11.3. The molecule has 0 bridgehead atoms. The first-order valence-corrected chi connectivity index (χ1v) is 11.3. The zero-order valence-electron chi connectivity index (χ0n) is 19.0. The molecule has 34 heavy (non-hydrogen) atoms. The summed E-state index contributed by atoms with van der Waals surface area (Å²) in [6.45, 7) is 6.45. The molecular weight excluding hydrogens is 440 g/mol. The van der Waals surface area contributed by atoms with E-state index in [2.05, 4.69) is 9.80 Å². The molecule has 2 aromatic carbocycles. The molecular formula is C25H28N2O7. The lowest BCUT2D eigenvalue weighted by molar-refractivity contribution is 0.0526. The molecule has 1 aliphatic heterocycles. The first kappa shape index (κ1) is 23.7. The predicted octanol–water partition coefficient (Wildman–Crippen LogP) is 2.58. The van der Waals surface area contributed by atoms with Gasteiger partial charge in [-0.25, -0.2) is 4.79 Å². The van der Waals surface area contributed by atoms with E-state index in [0.29, 0.717) is 40.9 Å². The Balaban J connectivity index is 1.53. The summed E-state index contributed by atoms with van der Waals surface area (Å²) in [4.78, 5) is 29.2. The maximum absolute atomic E-state index is 13.1. The molecule has 0 saturated carbocycles. The normalized spacial score (nSPS) is 14.9. The molecule has 0 spiro atoms. The van der Waals surface area contributed by atoms with Crippen LogP contribution in [0.5, 0.6) is 17.2 Å². The minimum Gasteiger partial charge on any atom is -0.507 e. The van der Waals surface area contributed by atoms with E-state index in [-0.39, 0.29) is 30.1 Å². The van der Waals surface area contributed by atoms with Crippen molar-refractivity contribution in [2.75, 3.05) is 45.9 Å². The number of hydrogen-bond donors (Lipinski definition) is 2. The maximum Gasteiger partial charge on any atom is 0.338 e. The van der Waals surface area contributed by atoms with Crippen molar-refractivity contribution in [3.05, 3.63) is 64.0 Å². The molecule has 1 aromatic heterocycles. The van der Waals surface area contributed by atoms with E-state index in [4.69, 9.17) is 19.0 Å². The second kappa shape index (κ2) is 10.7. The monoisotopic (exact) mass is 468 g/mol. The lowest BCUT2D eigenvalue weighted by Gasteiger charge is -2.34. The zero-order chi connectivity index (χ0) is 24.1. The number of β-amino-alcohol motifs (C(OH)–C–C–N with tert-alkyl or cyclic N) is 1. The van der Waals surface area contributed by atoms with Crippen LogP contribution in [0.3, 0.4) is 0 Å². The molecule has 0 unspecified atom stereocenters. The zero-order valence-corrected chi connectivity index (χ0v) is 19.0. The van der Waals surface area contributed by atoms with Crippen molar-refractivity contribution in [1.29, 1.82) is 0 Å². The summed E-state index contributed by atoms with van der Waals surface area (Å²) < 4.78 is 16.4. The standard InChI is InChI=1S/C25H28N2O7/c1-2-32-25(31)17-3-5-18(6-4-17)34-22-16-33-24-19(23(22)30)7-8-21(29)20(24)15-27-11-9-26(10-12-27)13-14-28/h3-8,16,28-29H,2,9-15H2,1H3. The van der Waals surface area contributed by atoms with Gasteiger partial charge in [0.05, 0.1) is 29.7 Å². The van der Waals surface area contributed by atoms with Crippen LogP contribution in [0.1, 0.15) is 22.8 Å². The minimum absolute atomic E-state index is 0.00522. The molecule has 9 heteroatoms. The highest BCUT2D eigenvalue weighted by atomic mass is 16.5. The number of phenols is 1. The van der Waals surface area contributed by atoms with E-state index in [9.17, 15) is 14.7 Å². The van der Waals surface area contributed by atoms with Gasteiger partial charge in [0, 0.05) is 39.3 Å². The highest BCUT2D eigenvalue weighted by Gasteiger charge is 2.21. The number of aromatic hydroxyl groups is 1. The number of phenolic OH excluding ortho intramolecular Hbond substituents is 1. The van der Waals surface area contributed by atoms with Crippen molar-refractivity contribution in [1.82, 2.24) is 9.80 Å². The molecule has 0 atom stereocenters.